The third-order valence-electron chi connectivity index (χ3n) is 6.82. The quantitative estimate of drug-likeness (QED) is 0.229. The summed E-state index contributed by atoms with van der Waals surface area (Å²) < 4.78 is 17.7. The van der Waals surface area contributed by atoms with E-state index in [-0.39, 0.29) is 21.4 Å². The van der Waals surface area contributed by atoms with Crippen molar-refractivity contribution in [3.05, 3.63) is 113 Å². The lowest BCUT2D eigenvalue weighted by molar-refractivity contribution is -0.386. The molecule has 13 heteroatoms. The first-order valence-corrected chi connectivity index (χ1v) is 13.6. The maximum Gasteiger partial charge on any atom is 0.315 e. The number of allylic oxidation sites excluding steroid dienone is 1. The van der Waals surface area contributed by atoms with Crippen LogP contribution in [-0.4, -0.2) is 41.8 Å². The largest absolute Gasteiger partial charge is 0.500 e. The van der Waals surface area contributed by atoms with Gasteiger partial charge in [0.15, 0.2) is 10.6 Å². The monoisotopic (exact) mass is 602 g/mol. The average Bonchev–Trinajstić information content (AvgIpc) is 3.30. The number of carbonyl (C=O) groups is 1. The van der Waals surface area contributed by atoms with Gasteiger partial charge in [-0.25, -0.2) is 4.99 Å². The number of nitrogens with one attached hydrogen (secondary N) is 1. The van der Waals surface area contributed by atoms with E-state index < -0.39 is 33.9 Å². The number of nitro groups is 1. The maximum atomic E-state index is 14.0. The molecule has 43 heavy (non-hydrogen) atoms. The van der Waals surface area contributed by atoms with Crippen LogP contribution in [0.2, 0.25) is 0 Å². The number of methoxy groups -OCH3 is 3. The van der Waals surface area contributed by atoms with Crippen molar-refractivity contribution >= 4 is 34.7 Å². The van der Waals surface area contributed by atoms with Gasteiger partial charge in [0, 0.05) is 23.4 Å². The molecule has 1 amide bonds. The van der Waals surface area contributed by atoms with E-state index in [2.05, 4.69) is 10.3 Å². The highest BCUT2D eigenvalue weighted by molar-refractivity contribution is 7.07. The molecule has 1 atom stereocenters. The van der Waals surface area contributed by atoms with Crippen molar-refractivity contribution in [3.8, 4) is 23.0 Å². The number of aromatic hydroxyl groups is 1. The number of thiazole rings is 1. The van der Waals surface area contributed by atoms with Gasteiger partial charge in [-0.3, -0.25) is 24.3 Å². The molecule has 220 valence electrons. The number of phenolic OH excluding ortho intramolecular Hbond substituents is 1. The van der Waals surface area contributed by atoms with Crippen molar-refractivity contribution in [2.45, 2.75) is 13.0 Å². The third kappa shape index (κ3) is 5.45. The smallest absolute Gasteiger partial charge is 0.315 e. The molecular weight excluding hydrogens is 576 g/mol. The minimum Gasteiger partial charge on any atom is -0.500 e. The van der Waals surface area contributed by atoms with Crippen molar-refractivity contribution in [1.29, 1.82) is 0 Å². The zero-order chi connectivity index (χ0) is 30.8. The molecule has 0 saturated heterocycles. The number of carbonyl (C=O) groups excluding carboxylic acids is 1. The fourth-order valence-electron chi connectivity index (χ4n) is 4.81. The molecule has 2 N–H and O–H groups in total. The van der Waals surface area contributed by atoms with E-state index in [4.69, 9.17) is 14.2 Å². The molecule has 1 aliphatic rings. The first kappa shape index (κ1) is 29.1. The molecule has 4 aromatic rings. The first-order chi connectivity index (χ1) is 20.7. The number of para-hydroxylation sites is 1. The second kappa shape index (κ2) is 11.8. The van der Waals surface area contributed by atoms with Gasteiger partial charge in [0.25, 0.3) is 11.5 Å². The van der Waals surface area contributed by atoms with Crippen LogP contribution in [0.1, 0.15) is 24.1 Å². The minimum atomic E-state index is -0.938. The van der Waals surface area contributed by atoms with Crippen LogP contribution in [-0.2, 0) is 4.79 Å². The Hall–Kier alpha value is -5.43. The van der Waals surface area contributed by atoms with E-state index in [9.17, 15) is 24.8 Å². The highest BCUT2D eigenvalue weighted by atomic mass is 32.1. The Morgan fingerprint density at radius 2 is 1.79 bits per heavy atom. The van der Waals surface area contributed by atoms with E-state index in [1.54, 1.807) is 49.4 Å². The zero-order valence-electron chi connectivity index (χ0n) is 23.5. The van der Waals surface area contributed by atoms with Gasteiger partial charge >= 0.3 is 5.69 Å². The Balaban J connectivity index is 1.73. The summed E-state index contributed by atoms with van der Waals surface area (Å²) in [5.74, 6) is -0.292. The van der Waals surface area contributed by atoms with Crippen LogP contribution in [0, 0.1) is 10.1 Å². The molecule has 12 nitrogen and oxygen atoms in total. The number of nitro benzene ring substituents is 1. The summed E-state index contributed by atoms with van der Waals surface area (Å²) >= 11 is 1.05. The molecule has 0 bridgehead atoms. The van der Waals surface area contributed by atoms with Gasteiger partial charge < -0.3 is 24.6 Å². The van der Waals surface area contributed by atoms with Crippen molar-refractivity contribution in [3.63, 3.8) is 0 Å². The van der Waals surface area contributed by atoms with E-state index in [1.165, 1.54) is 38.0 Å². The Morgan fingerprint density at radius 1 is 1.07 bits per heavy atom. The van der Waals surface area contributed by atoms with E-state index in [0.29, 0.717) is 33.2 Å². The number of rotatable bonds is 8. The Labute approximate surface area is 248 Å². The lowest BCUT2D eigenvalue weighted by atomic mass is 9.94. The number of ether oxygens (including phenoxy) is 3. The molecule has 5 rings (SSSR count). The molecule has 0 spiro atoms. The second-order valence-corrected chi connectivity index (χ2v) is 10.4. The SMILES string of the molecule is COc1ccc([C@H]2C(C(=O)Nc3ccccc3)=C(C)N=c3s/c(=C\c4cc(OC)c(O)c([N+](=O)[O-])c4)c(=O)n32)c(OC)c1. The summed E-state index contributed by atoms with van der Waals surface area (Å²) in [6, 6.07) is 15.6. The molecule has 0 aliphatic carbocycles. The summed E-state index contributed by atoms with van der Waals surface area (Å²) in [6.07, 6.45) is 1.45. The van der Waals surface area contributed by atoms with Crippen molar-refractivity contribution < 1.29 is 29.0 Å². The number of anilines is 1. The lowest BCUT2D eigenvalue weighted by Crippen LogP contribution is -2.40. The van der Waals surface area contributed by atoms with Crippen LogP contribution < -0.4 is 34.4 Å². The highest BCUT2D eigenvalue weighted by Crippen LogP contribution is 2.38. The van der Waals surface area contributed by atoms with Gasteiger partial charge in [-0.15, -0.1) is 0 Å². The van der Waals surface area contributed by atoms with Crippen LogP contribution in [0.3, 0.4) is 0 Å². The topological polar surface area (TPSA) is 155 Å². The third-order valence-corrected chi connectivity index (χ3v) is 7.81. The van der Waals surface area contributed by atoms with Crippen LogP contribution in [0.5, 0.6) is 23.0 Å². The predicted molar refractivity (Wildman–Crippen MR) is 160 cm³/mol. The van der Waals surface area contributed by atoms with Crippen LogP contribution in [0.25, 0.3) is 6.08 Å². The number of nitrogens with zero attached hydrogens (tertiary/aromatic N) is 3. The Bertz CT molecular complexity index is 1960. The lowest BCUT2D eigenvalue weighted by Gasteiger charge is -2.26. The molecule has 0 radical (unpaired) electrons. The molecule has 0 saturated carbocycles. The fourth-order valence-corrected chi connectivity index (χ4v) is 5.86. The molecule has 3 aromatic carbocycles. The van der Waals surface area contributed by atoms with Crippen LogP contribution in [0.15, 0.2) is 81.7 Å². The fraction of sp³-hybridized carbons (Fsp3) is 0.167. The van der Waals surface area contributed by atoms with Gasteiger partial charge in [-0.2, -0.15) is 0 Å². The van der Waals surface area contributed by atoms with Gasteiger partial charge in [0.2, 0.25) is 5.75 Å². The number of hydrogen-bond donors (Lipinski definition) is 2. The molecule has 0 fully saturated rings. The normalized spacial score (nSPS) is 14.5. The van der Waals surface area contributed by atoms with Crippen LogP contribution in [0.4, 0.5) is 11.4 Å². The highest BCUT2D eigenvalue weighted by Gasteiger charge is 2.34. The molecular formula is C30H26N4O8S. The molecule has 0 unspecified atom stereocenters. The summed E-state index contributed by atoms with van der Waals surface area (Å²) in [5.41, 5.74) is 0.898. The van der Waals surface area contributed by atoms with E-state index in [0.717, 1.165) is 17.4 Å². The number of hydrogen-bond acceptors (Lipinski definition) is 10. The molecule has 1 aliphatic heterocycles. The summed E-state index contributed by atoms with van der Waals surface area (Å²) in [7, 11) is 4.26. The summed E-state index contributed by atoms with van der Waals surface area (Å²) in [6.45, 7) is 1.69. The number of benzene rings is 3. The van der Waals surface area contributed by atoms with Gasteiger partial charge in [-0.05, 0) is 48.9 Å². The Morgan fingerprint density at radius 3 is 2.44 bits per heavy atom. The van der Waals surface area contributed by atoms with Gasteiger partial charge in [-0.1, -0.05) is 29.5 Å². The second-order valence-electron chi connectivity index (χ2n) is 9.36. The number of phenols is 1. The van der Waals surface area contributed by atoms with E-state index in [1.807, 2.05) is 6.07 Å². The zero-order valence-corrected chi connectivity index (χ0v) is 24.3. The summed E-state index contributed by atoms with van der Waals surface area (Å²) in [5, 5.41) is 24.6. The van der Waals surface area contributed by atoms with Gasteiger partial charge in [0.1, 0.15) is 17.5 Å². The predicted octanol–water partition coefficient (Wildman–Crippen LogP) is 3.51. The van der Waals surface area contributed by atoms with Crippen LogP contribution >= 0.6 is 11.3 Å². The van der Waals surface area contributed by atoms with Crippen molar-refractivity contribution in [2.24, 2.45) is 4.99 Å². The number of amides is 1. The van der Waals surface area contributed by atoms with Gasteiger partial charge in [0.05, 0.1) is 42.1 Å². The average molecular weight is 603 g/mol. The first-order valence-electron chi connectivity index (χ1n) is 12.8. The maximum absolute atomic E-state index is 14.0. The van der Waals surface area contributed by atoms with Crippen molar-refractivity contribution in [2.75, 3.05) is 26.6 Å². The Kier molecular flexibility index (Phi) is 7.99. The molecule has 2 heterocycles. The van der Waals surface area contributed by atoms with E-state index >= 15 is 0 Å². The standard InChI is InChI=1S/C30H26N4O8S/c1-16-25(28(36)32-18-8-6-5-7-9-18)26(20-11-10-19(40-2)15-22(20)41-3)33-29(37)24(43-30(33)31-16)14-17-12-21(34(38)39)27(35)23(13-17)42-4/h5-15,26,35H,1-4H3,(H,32,36)/b24-14-/t26-/m0/s1. The summed E-state index contributed by atoms with van der Waals surface area (Å²) in [4.78, 5) is 43.5. The minimum absolute atomic E-state index is 0.121. The molecule has 1 aromatic heterocycles. The number of fused-ring (bicyclic) bond motifs is 1. The number of aromatic nitrogens is 1. The van der Waals surface area contributed by atoms with Crippen molar-refractivity contribution in [1.82, 2.24) is 4.57 Å².